The van der Waals surface area contributed by atoms with Crippen LogP contribution in [0.3, 0.4) is 0 Å². The number of hydrogen-bond acceptors (Lipinski definition) is 2. The molecule has 148 valence electrons. The van der Waals surface area contributed by atoms with Crippen LogP contribution in [0.25, 0.3) is 5.57 Å². The monoisotopic (exact) mass is 380 g/mol. The molecule has 2 saturated heterocycles. The predicted octanol–water partition coefficient (Wildman–Crippen LogP) is 4.59. The van der Waals surface area contributed by atoms with Crippen LogP contribution in [0.1, 0.15) is 50.2 Å². The lowest BCUT2D eigenvalue weighted by atomic mass is 10.0. The van der Waals surface area contributed by atoms with Crippen LogP contribution < -0.4 is 0 Å². The highest BCUT2D eigenvalue weighted by atomic mass is 19.4. The fourth-order valence-electron chi connectivity index (χ4n) is 4.03. The van der Waals surface area contributed by atoms with Crippen molar-refractivity contribution in [2.75, 3.05) is 26.2 Å². The first-order chi connectivity index (χ1) is 12.8. The van der Waals surface area contributed by atoms with E-state index in [-0.39, 0.29) is 11.9 Å². The Morgan fingerprint density at radius 2 is 1.74 bits per heavy atom. The second-order valence-electron chi connectivity index (χ2n) is 7.59. The minimum atomic E-state index is -4.34. The van der Waals surface area contributed by atoms with Gasteiger partial charge in [0.25, 0.3) is 0 Å². The minimum absolute atomic E-state index is 0.0353. The first-order valence-electron chi connectivity index (χ1n) is 9.73. The van der Waals surface area contributed by atoms with Crippen molar-refractivity contribution in [3.63, 3.8) is 0 Å². The number of halogens is 3. The van der Waals surface area contributed by atoms with Crippen molar-refractivity contribution in [2.45, 2.75) is 51.2 Å². The Labute approximate surface area is 158 Å². The summed E-state index contributed by atoms with van der Waals surface area (Å²) in [6.07, 6.45) is 3.01. The molecule has 27 heavy (non-hydrogen) atoms. The molecule has 0 spiro atoms. The fraction of sp³-hybridized carbons (Fsp3) is 0.571. The summed E-state index contributed by atoms with van der Waals surface area (Å²) in [5.74, 6) is -0.0353. The number of likely N-dealkylation sites (tertiary alicyclic amines) is 2. The van der Waals surface area contributed by atoms with E-state index < -0.39 is 11.7 Å². The number of hydrogen-bond donors (Lipinski definition) is 0. The Bertz CT molecular complexity index is 676. The van der Waals surface area contributed by atoms with Crippen LogP contribution in [0.5, 0.6) is 0 Å². The average molecular weight is 380 g/mol. The molecule has 2 fully saturated rings. The maximum Gasteiger partial charge on any atom is 0.416 e. The molecule has 0 saturated carbocycles. The van der Waals surface area contributed by atoms with Gasteiger partial charge in [0.05, 0.1) is 5.56 Å². The standard InChI is InChI=1S/C21H27F3N2O/c1-16(17-7-9-18(10-8-17)21(22,23)24)14-20(27)26-13-5-6-19(26)15-25-11-3-2-4-12-25/h7-10,14,19H,2-6,11-13,15H2,1H3/t19-/m0/s1. The van der Waals surface area contributed by atoms with E-state index in [1.807, 2.05) is 4.90 Å². The second-order valence-corrected chi connectivity index (χ2v) is 7.59. The second kappa shape index (κ2) is 8.46. The van der Waals surface area contributed by atoms with E-state index in [0.717, 1.165) is 51.2 Å². The summed E-state index contributed by atoms with van der Waals surface area (Å²) in [5.41, 5.74) is 0.659. The van der Waals surface area contributed by atoms with Gasteiger partial charge in [0.15, 0.2) is 0 Å². The van der Waals surface area contributed by atoms with Crippen molar-refractivity contribution >= 4 is 11.5 Å². The molecule has 3 rings (SSSR count). The highest BCUT2D eigenvalue weighted by Gasteiger charge is 2.31. The van der Waals surface area contributed by atoms with E-state index in [2.05, 4.69) is 4.90 Å². The van der Waals surface area contributed by atoms with Crippen molar-refractivity contribution in [1.82, 2.24) is 9.80 Å². The summed E-state index contributed by atoms with van der Waals surface area (Å²) in [6.45, 7) is 5.68. The molecule has 2 aliphatic heterocycles. The summed E-state index contributed by atoms with van der Waals surface area (Å²) < 4.78 is 38.1. The van der Waals surface area contributed by atoms with Crippen molar-refractivity contribution in [1.29, 1.82) is 0 Å². The molecule has 1 amide bonds. The number of alkyl halides is 3. The molecule has 1 aromatic carbocycles. The van der Waals surface area contributed by atoms with E-state index in [1.54, 1.807) is 13.0 Å². The highest BCUT2D eigenvalue weighted by molar-refractivity contribution is 5.95. The number of carbonyl (C=O) groups is 1. The lowest BCUT2D eigenvalue weighted by Crippen LogP contribution is -2.44. The molecular formula is C21H27F3N2O. The van der Waals surface area contributed by atoms with E-state index in [0.29, 0.717) is 11.1 Å². The fourth-order valence-corrected chi connectivity index (χ4v) is 4.03. The van der Waals surface area contributed by atoms with Gasteiger partial charge in [-0.3, -0.25) is 4.79 Å². The molecule has 2 aliphatic rings. The topological polar surface area (TPSA) is 23.6 Å². The summed E-state index contributed by atoms with van der Waals surface area (Å²) in [4.78, 5) is 17.1. The SMILES string of the molecule is CC(=CC(=O)N1CCC[C@H]1CN1CCCCC1)c1ccc(C(F)(F)F)cc1. The van der Waals surface area contributed by atoms with Gasteiger partial charge in [0.1, 0.15) is 0 Å². The Kier molecular flexibility index (Phi) is 6.25. The number of allylic oxidation sites excluding steroid dienone is 1. The van der Waals surface area contributed by atoms with Crippen LogP contribution in [0.15, 0.2) is 30.3 Å². The molecule has 2 heterocycles. The summed E-state index contributed by atoms with van der Waals surface area (Å²) in [5, 5.41) is 0. The van der Waals surface area contributed by atoms with Gasteiger partial charge in [-0.05, 0) is 69.0 Å². The van der Waals surface area contributed by atoms with Gasteiger partial charge in [-0.1, -0.05) is 18.6 Å². The minimum Gasteiger partial charge on any atom is -0.335 e. The number of carbonyl (C=O) groups excluding carboxylic acids is 1. The van der Waals surface area contributed by atoms with Crippen LogP contribution in [0.2, 0.25) is 0 Å². The Morgan fingerprint density at radius 1 is 1.07 bits per heavy atom. The average Bonchev–Trinajstić information content (AvgIpc) is 3.10. The summed E-state index contributed by atoms with van der Waals surface area (Å²) in [7, 11) is 0. The third-order valence-corrected chi connectivity index (χ3v) is 5.59. The molecule has 1 aromatic rings. The van der Waals surface area contributed by atoms with Crippen LogP contribution in [0, 0.1) is 0 Å². The van der Waals surface area contributed by atoms with Crippen molar-refractivity contribution in [2.24, 2.45) is 0 Å². The van der Waals surface area contributed by atoms with Gasteiger partial charge in [-0.2, -0.15) is 13.2 Å². The Hall–Kier alpha value is -1.82. The molecular weight excluding hydrogens is 353 g/mol. The zero-order chi connectivity index (χ0) is 19.4. The van der Waals surface area contributed by atoms with Crippen molar-refractivity contribution in [3.8, 4) is 0 Å². The lowest BCUT2D eigenvalue weighted by Gasteiger charge is -2.32. The molecule has 6 heteroatoms. The molecule has 0 aromatic heterocycles. The highest BCUT2D eigenvalue weighted by Crippen LogP contribution is 2.30. The van der Waals surface area contributed by atoms with E-state index in [4.69, 9.17) is 0 Å². The molecule has 0 N–H and O–H groups in total. The molecule has 0 unspecified atom stereocenters. The van der Waals surface area contributed by atoms with Gasteiger partial charge < -0.3 is 9.80 Å². The number of rotatable bonds is 4. The van der Waals surface area contributed by atoms with Crippen LogP contribution in [0.4, 0.5) is 13.2 Å². The normalized spacial score (nSPS) is 22.3. The van der Waals surface area contributed by atoms with Crippen LogP contribution in [-0.4, -0.2) is 47.9 Å². The van der Waals surface area contributed by atoms with Crippen LogP contribution >= 0.6 is 0 Å². The Balaban J connectivity index is 1.65. The van der Waals surface area contributed by atoms with Crippen molar-refractivity contribution in [3.05, 3.63) is 41.5 Å². The largest absolute Gasteiger partial charge is 0.416 e. The van der Waals surface area contributed by atoms with Gasteiger partial charge in [0, 0.05) is 25.2 Å². The van der Waals surface area contributed by atoms with Crippen LogP contribution in [-0.2, 0) is 11.0 Å². The molecule has 0 radical (unpaired) electrons. The van der Waals surface area contributed by atoms with E-state index >= 15 is 0 Å². The third kappa shape index (κ3) is 5.12. The first kappa shape index (κ1) is 19.9. The number of piperidine rings is 1. The molecule has 0 bridgehead atoms. The van der Waals surface area contributed by atoms with Gasteiger partial charge in [0.2, 0.25) is 5.91 Å². The van der Waals surface area contributed by atoms with Gasteiger partial charge in [-0.15, -0.1) is 0 Å². The van der Waals surface area contributed by atoms with Crippen molar-refractivity contribution < 1.29 is 18.0 Å². The zero-order valence-corrected chi connectivity index (χ0v) is 15.8. The summed E-state index contributed by atoms with van der Waals surface area (Å²) in [6, 6.07) is 5.22. The predicted molar refractivity (Wildman–Crippen MR) is 100 cm³/mol. The maximum atomic E-state index is 12.8. The summed E-state index contributed by atoms with van der Waals surface area (Å²) >= 11 is 0. The third-order valence-electron chi connectivity index (χ3n) is 5.59. The lowest BCUT2D eigenvalue weighted by molar-refractivity contribution is -0.137. The quantitative estimate of drug-likeness (QED) is 0.714. The first-order valence-corrected chi connectivity index (χ1v) is 9.73. The van der Waals surface area contributed by atoms with Gasteiger partial charge in [-0.25, -0.2) is 0 Å². The maximum absolute atomic E-state index is 12.8. The molecule has 1 atom stereocenters. The Morgan fingerprint density at radius 3 is 2.37 bits per heavy atom. The number of nitrogens with zero attached hydrogens (tertiary/aromatic N) is 2. The molecule has 0 aliphatic carbocycles. The van der Waals surface area contributed by atoms with E-state index in [1.165, 1.54) is 31.4 Å². The van der Waals surface area contributed by atoms with Gasteiger partial charge >= 0.3 is 6.18 Å². The number of amides is 1. The number of benzene rings is 1. The molecule has 3 nitrogen and oxygen atoms in total. The van der Waals surface area contributed by atoms with E-state index in [9.17, 15) is 18.0 Å². The zero-order valence-electron chi connectivity index (χ0n) is 15.8. The smallest absolute Gasteiger partial charge is 0.335 e.